The van der Waals surface area contributed by atoms with Gasteiger partial charge in [-0.1, -0.05) is 0 Å². The molecule has 98 valence electrons. The Kier molecular flexibility index (Phi) is 3.37. The summed E-state index contributed by atoms with van der Waals surface area (Å²) in [6, 6.07) is 4.46. The highest BCUT2D eigenvalue weighted by Gasteiger charge is 2.26. The maximum absolute atomic E-state index is 12.1. The van der Waals surface area contributed by atoms with E-state index in [0.717, 1.165) is 25.3 Å². The highest BCUT2D eigenvalue weighted by atomic mass is 16.1. The fourth-order valence-corrected chi connectivity index (χ4v) is 2.68. The Morgan fingerprint density at radius 2 is 2.33 bits per heavy atom. The maximum Gasteiger partial charge on any atom is 0.267 e. The lowest BCUT2D eigenvalue weighted by Crippen LogP contribution is -2.38. The summed E-state index contributed by atoms with van der Waals surface area (Å²) in [6.07, 6.45) is 6.88. The van der Waals surface area contributed by atoms with Crippen molar-refractivity contribution in [2.45, 2.75) is 31.7 Å². The SMILES string of the molecule is O=C(NC[C@@H]1CCCNC1)c1cccn1C1CC1. The van der Waals surface area contributed by atoms with Crippen LogP contribution in [0.15, 0.2) is 18.3 Å². The number of nitrogens with zero attached hydrogens (tertiary/aromatic N) is 1. The summed E-state index contributed by atoms with van der Waals surface area (Å²) in [7, 11) is 0. The average Bonchev–Trinajstić information content (AvgIpc) is 3.14. The van der Waals surface area contributed by atoms with Gasteiger partial charge in [0.1, 0.15) is 5.69 Å². The molecule has 4 nitrogen and oxygen atoms in total. The second-order valence-electron chi connectivity index (χ2n) is 5.45. The third-order valence-corrected chi connectivity index (χ3v) is 3.90. The fraction of sp³-hybridized carbons (Fsp3) is 0.643. The van der Waals surface area contributed by atoms with Gasteiger partial charge in [0.15, 0.2) is 0 Å². The van der Waals surface area contributed by atoms with E-state index in [1.165, 1.54) is 25.7 Å². The fourth-order valence-electron chi connectivity index (χ4n) is 2.68. The molecule has 0 bridgehead atoms. The van der Waals surface area contributed by atoms with Gasteiger partial charge in [0.25, 0.3) is 5.91 Å². The van der Waals surface area contributed by atoms with E-state index in [-0.39, 0.29) is 5.91 Å². The molecule has 2 N–H and O–H groups in total. The lowest BCUT2D eigenvalue weighted by Gasteiger charge is -2.23. The Hall–Kier alpha value is -1.29. The first-order valence-electron chi connectivity index (χ1n) is 7.00. The number of hydrogen-bond donors (Lipinski definition) is 2. The summed E-state index contributed by atoms with van der Waals surface area (Å²) >= 11 is 0. The van der Waals surface area contributed by atoms with E-state index in [9.17, 15) is 4.79 Å². The summed E-state index contributed by atoms with van der Waals surface area (Å²) in [5.74, 6) is 0.671. The third kappa shape index (κ3) is 2.58. The van der Waals surface area contributed by atoms with E-state index in [0.29, 0.717) is 12.0 Å². The van der Waals surface area contributed by atoms with Crippen LogP contribution in [-0.4, -0.2) is 30.1 Å². The molecule has 0 spiro atoms. The first-order valence-corrected chi connectivity index (χ1v) is 7.00. The molecule has 1 aromatic heterocycles. The Balaban J connectivity index is 1.55. The Labute approximate surface area is 108 Å². The summed E-state index contributed by atoms with van der Waals surface area (Å²) in [5.41, 5.74) is 0.821. The van der Waals surface area contributed by atoms with Crippen molar-refractivity contribution >= 4 is 5.91 Å². The normalized spacial score (nSPS) is 23.9. The molecule has 3 rings (SSSR count). The lowest BCUT2D eigenvalue weighted by molar-refractivity contribution is 0.0935. The van der Waals surface area contributed by atoms with Crippen molar-refractivity contribution in [3.63, 3.8) is 0 Å². The molecule has 1 amide bonds. The molecule has 1 aliphatic heterocycles. The second kappa shape index (κ2) is 5.14. The zero-order valence-corrected chi connectivity index (χ0v) is 10.7. The first-order chi connectivity index (χ1) is 8.84. The van der Waals surface area contributed by atoms with Crippen LogP contribution in [0.4, 0.5) is 0 Å². The smallest absolute Gasteiger partial charge is 0.267 e. The number of aromatic nitrogens is 1. The number of hydrogen-bond acceptors (Lipinski definition) is 2. The van der Waals surface area contributed by atoms with Crippen LogP contribution >= 0.6 is 0 Å². The molecule has 1 atom stereocenters. The third-order valence-electron chi connectivity index (χ3n) is 3.90. The predicted octanol–water partition coefficient (Wildman–Crippen LogP) is 1.55. The molecule has 1 saturated carbocycles. The van der Waals surface area contributed by atoms with Gasteiger partial charge in [0.05, 0.1) is 0 Å². The first kappa shape index (κ1) is 11.8. The van der Waals surface area contributed by atoms with Crippen molar-refractivity contribution in [1.29, 1.82) is 0 Å². The van der Waals surface area contributed by atoms with E-state index in [2.05, 4.69) is 15.2 Å². The molecule has 18 heavy (non-hydrogen) atoms. The van der Waals surface area contributed by atoms with Crippen LogP contribution in [0.2, 0.25) is 0 Å². The Bertz CT molecular complexity index is 416. The van der Waals surface area contributed by atoms with Crippen molar-refractivity contribution in [2.75, 3.05) is 19.6 Å². The number of amides is 1. The van der Waals surface area contributed by atoms with E-state index < -0.39 is 0 Å². The molecule has 0 aromatic carbocycles. The van der Waals surface area contributed by atoms with Gasteiger partial charge in [0, 0.05) is 18.8 Å². The zero-order chi connectivity index (χ0) is 12.4. The topological polar surface area (TPSA) is 46.1 Å². The van der Waals surface area contributed by atoms with Crippen LogP contribution in [0, 0.1) is 5.92 Å². The van der Waals surface area contributed by atoms with E-state index >= 15 is 0 Å². The van der Waals surface area contributed by atoms with Crippen LogP contribution in [0.5, 0.6) is 0 Å². The molecule has 1 aliphatic carbocycles. The van der Waals surface area contributed by atoms with Crippen molar-refractivity contribution in [3.05, 3.63) is 24.0 Å². The Morgan fingerprint density at radius 1 is 1.44 bits per heavy atom. The minimum atomic E-state index is 0.0810. The summed E-state index contributed by atoms with van der Waals surface area (Å²) in [4.78, 5) is 12.1. The second-order valence-corrected chi connectivity index (χ2v) is 5.45. The van der Waals surface area contributed by atoms with Crippen LogP contribution in [0.25, 0.3) is 0 Å². The number of carbonyl (C=O) groups excluding carboxylic acids is 1. The molecule has 1 saturated heterocycles. The van der Waals surface area contributed by atoms with Gasteiger partial charge in [-0.25, -0.2) is 0 Å². The zero-order valence-electron chi connectivity index (χ0n) is 10.7. The molecule has 2 aliphatic rings. The van der Waals surface area contributed by atoms with Crippen LogP contribution in [-0.2, 0) is 0 Å². The number of rotatable bonds is 4. The minimum absolute atomic E-state index is 0.0810. The maximum atomic E-state index is 12.1. The van der Waals surface area contributed by atoms with Crippen LogP contribution in [0.1, 0.15) is 42.2 Å². The van der Waals surface area contributed by atoms with Gasteiger partial charge in [-0.05, 0) is 56.8 Å². The number of nitrogens with one attached hydrogen (secondary N) is 2. The van der Waals surface area contributed by atoms with E-state index in [4.69, 9.17) is 0 Å². The summed E-state index contributed by atoms with van der Waals surface area (Å²) in [6.45, 7) is 2.95. The molecule has 0 unspecified atom stereocenters. The monoisotopic (exact) mass is 247 g/mol. The molecular weight excluding hydrogens is 226 g/mol. The van der Waals surface area contributed by atoms with Crippen molar-refractivity contribution in [2.24, 2.45) is 5.92 Å². The molecule has 1 aromatic rings. The molecule has 0 radical (unpaired) electrons. The highest BCUT2D eigenvalue weighted by Crippen LogP contribution is 2.35. The van der Waals surface area contributed by atoms with Gasteiger partial charge in [-0.2, -0.15) is 0 Å². The van der Waals surface area contributed by atoms with Crippen LogP contribution in [0.3, 0.4) is 0 Å². The van der Waals surface area contributed by atoms with E-state index in [1.807, 2.05) is 18.3 Å². The van der Waals surface area contributed by atoms with Crippen molar-refractivity contribution < 1.29 is 4.79 Å². The summed E-state index contributed by atoms with van der Waals surface area (Å²) in [5, 5.41) is 6.45. The standard InChI is InChI=1S/C14H21N3O/c18-14(16-10-11-3-1-7-15-9-11)13-4-2-8-17(13)12-5-6-12/h2,4,8,11-12,15H,1,3,5-7,9-10H2,(H,16,18)/t11-/m1/s1. The van der Waals surface area contributed by atoms with Crippen LogP contribution < -0.4 is 10.6 Å². The van der Waals surface area contributed by atoms with Crippen molar-refractivity contribution in [3.8, 4) is 0 Å². The number of carbonyl (C=O) groups is 1. The van der Waals surface area contributed by atoms with Gasteiger partial charge in [0.2, 0.25) is 0 Å². The van der Waals surface area contributed by atoms with Crippen molar-refractivity contribution in [1.82, 2.24) is 15.2 Å². The largest absolute Gasteiger partial charge is 0.350 e. The Morgan fingerprint density at radius 3 is 3.06 bits per heavy atom. The molecule has 4 heteroatoms. The van der Waals surface area contributed by atoms with Gasteiger partial charge >= 0.3 is 0 Å². The van der Waals surface area contributed by atoms with Gasteiger partial charge in [-0.15, -0.1) is 0 Å². The highest BCUT2D eigenvalue weighted by molar-refractivity contribution is 5.92. The quantitative estimate of drug-likeness (QED) is 0.848. The number of piperidine rings is 1. The van der Waals surface area contributed by atoms with Gasteiger partial charge in [-0.3, -0.25) is 4.79 Å². The minimum Gasteiger partial charge on any atom is -0.350 e. The van der Waals surface area contributed by atoms with E-state index in [1.54, 1.807) is 0 Å². The average molecular weight is 247 g/mol. The molecule has 2 heterocycles. The molecule has 2 fully saturated rings. The lowest BCUT2D eigenvalue weighted by atomic mass is 10.00. The van der Waals surface area contributed by atoms with Gasteiger partial charge < -0.3 is 15.2 Å². The molecular formula is C14H21N3O. The summed E-state index contributed by atoms with van der Waals surface area (Å²) < 4.78 is 2.12. The predicted molar refractivity (Wildman–Crippen MR) is 70.6 cm³/mol.